The van der Waals surface area contributed by atoms with Crippen LogP contribution in [0.4, 0.5) is 0 Å². The molecule has 2 heterocycles. The van der Waals surface area contributed by atoms with Crippen molar-refractivity contribution in [2.45, 2.75) is 19.3 Å². The number of halogens is 1. The van der Waals surface area contributed by atoms with E-state index in [0.717, 1.165) is 37.2 Å². The Kier molecular flexibility index (Phi) is 7.65. The average Bonchev–Trinajstić information content (AvgIpc) is 3.27. The third-order valence-electron chi connectivity index (χ3n) is 5.52. The number of carbonyl (C=O) groups is 1. The first-order chi connectivity index (χ1) is 14.6. The molecule has 2 aromatic carbocycles. The van der Waals surface area contributed by atoms with Crippen LogP contribution >= 0.6 is 12.4 Å². The SMILES string of the molecule is COc1ccc(C(=O)NCCc2nc3ccccc3c(=O)[nH]2)cc1CC1CCNC1.Cl. The first-order valence-electron chi connectivity index (χ1n) is 10.3. The Morgan fingerprint density at radius 1 is 1.26 bits per heavy atom. The topological polar surface area (TPSA) is 96.1 Å². The second-order valence-corrected chi connectivity index (χ2v) is 7.63. The molecular weight excluding hydrogens is 416 g/mol. The minimum atomic E-state index is -0.164. The number of carbonyl (C=O) groups excluding carboxylic acids is 1. The molecule has 3 aromatic rings. The first-order valence-corrected chi connectivity index (χ1v) is 10.3. The van der Waals surface area contributed by atoms with E-state index >= 15 is 0 Å². The molecule has 31 heavy (non-hydrogen) atoms. The zero-order valence-electron chi connectivity index (χ0n) is 17.4. The summed E-state index contributed by atoms with van der Waals surface area (Å²) in [6.45, 7) is 2.42. The molecule has 1 atom stereocenters. The van der Waals surface area contributed by atoms with Crippen molar-refractivity contribution in [3.05, 3.63) is 69.8 Å². The molecule has 0 spiro atoms. The number of fused-ring (bicyclic) bond motifs is 1. The van der Waals surface area contributed by atoms with Gasteiger partial charge in [0, 0.05) is 18.5 Å². The van der Waals surface area contributed by atoms with Crippen molar-refractivity contribution in [3.63, 3.8) is 0 Å². The first kappa shape index (κ1) is 22.8. The van der Waals surface area contributed by atoms with Crippen LogP contribution in [0, 0.1) is 5.92 Å². The summed E-state index contributed by atoms with van der Waals surface area (Å²) in [6, 6.07) is 12.8. The number of benzene rings is 2. The van der Waals surface area contributed by atoms with Gasteiger partial charge in [-0.1, -0.05) is 12.1 Å². The Hall–Kier alpha value is -2.90. The fourth-order valence-electron chi connectivity index (χ4n) is 3.93. The van der Waals surface area contributed by atoms with Crippen LogP contribution in [-0.2, 0) is 12.8 Å². The average molecular weight is 443 g/mol. The Balaban J connectivity index is 0.00000272. The molecule has 3 N–H and O–H groups in total. The van der Waals surface area contributed by atoms with Crippen LogP contribution in [0.25, 0.3) is 10.9 Å². The number of aromatic nitrogens is 2. The van der Waals surface area contributed by atoms with E-state index in [1.807, 2.05) is 30.3 Å². The van der Waals surface area contributed by atoms with Crippen LogP contribution in [0.2, 0.25) is 0 Å². The monoisotopic (exact) mass is 442 g/mol. The van der Waals surface area contributed by atoms with Gasteiger partial charge in [-0.05, 0) is 67.7 Å². The van der Waals surface area contributed by atoms with Gasteiger partial charge in [0.1, 0.15) is 11.6 Å². The van der Waals surface area contributed by atoms with E-state index < -0.39 is 0 Å². The van der Waals surface area contributed by atoms with Gasteiger partial charge >= 0.3 is 0 Å². The molecule has 1 aromatic heterocycles. The number of methoxy groups -OCH3 is 1. The molecule has 0 saturated carbocycles. The highest BCUT2D eigenvalue weighted by Gasteiger charge is 2.18. The number of ether oxygens (including phenoxy) is 1. The molecule has 0 bridgehead atoms. The zero-order valence-corrected chi connectivity index (χ0v) is 18.3. The Bertz CT molecular complexity index is 1110. The van der Waals surface area contributed by atoms with Crippen LogP contribution in [0.15, 0.2) is 47.3 Å². The van der Waals surface area contributed by atoms with E-state index in [1.165, 1.54) is 0 Å². The largest absolute Gasteiger partial charge is 0.496 e. The van der Waals surface area contributed by atoms with Gasteiger partial charge in [0.15, 0.2) is 0 Å². The van der Waals surface area contributed by atoms with Crippen molar-refractivity contribution >= 4 is 29.2 Å². The molecule has 1 amide bonds. The fourth-order valence-corrected chi connectivity index (χ4v) is 3.93. The van der Waals surface area contributed by atoms with Crippen LogP contribution in [0.5, 0.6) is 5.75 Å². The van der Waals surface area contributed by atoms with Crippen LogP contribution in [0.1, 0.15) is 28.2 Å². The fraction of sp³-hybridized carbons (Fsp3) is 0.348. The second-order valence-electron chi connectivity index (χ2n) is 7.63. The second kappa shape index (κ2) is 10.4. The van der Waals surface area contributed by atoms with Crippen LogP contribution in [0.3, 0.4) is 0 Å². The molecular formula is C23H27ClN4O3. The summed E-state index contributed by atoms with van der Waals surface area (Å²) >= 11 is 0. The maximum absolute atomic E-state index is 12.6. The maximum atomic E-state index is 12.6. The van der Waals surface area contributed by atoms with Gasteiger partial charge in [-0.2, -0.15) is 0 Å². The lowest BCUT2D eigenvalue weighted by Crippen LogP contribution is -2.27. The summed E-state index contributed by atoms with van der Waals surface area (Å²) in [5.74, 6) is 1.79. The number of rotatable bonds is 7. The van der Waals surface area contributed by atoms with Gasteiger partial charge in [0.25, 0.3) is 11.5 Å². The Morgan fingerprint density at radius 2 is 2.10 bits per heavy atom. The molecule has 8 heteroatoms. The van der Waals surface area contributed by atoms with Crippen LogP contribution < -0.4 is 20.9 Å². The van der Waals surface area contributed by atoms with Gasteiger partial charge in [-0.3, -0.25) is 9.59 Å². The molecule has 1 fully saturated rings. The van der Waals surface area contributed by atoms with Crippen molar-refractivity contribution in [3.8, 4) is 5.75 Å². The highest BCUT2D eigenvalue weighted by Crippen LogP contribution is 2.25. The maximum Gasteiger partial charge on any atom is 0.258 e. The molecule has 7 nitrogen and oxygen atoms in total. The van der Waals surface area contributed by atoms with Crippen molar-refractivity contribution in [1.29, 1.82) is 0 Å². The molecule has 0 aliphatic carbocycles. The summed E-state index contributed by atoms with van der Waals surface area (Å²) in [5.41, 5.74) is 2.16. The Morgan fingerprint density at radius 3 is 2.87 bits per heavy atom. The molecule has 1 aliphatic heterocycles. The lowest BCUT2D eigenvalue weighted by Gasteiger charge is -2.14. The smallest absolute Gasteiger partial charge is 0.258 e. The van der Waals surface area contributed by atoms with Crippen molar-refractivity contribution in [2.75, 3.05) is 26.7 Å². The van der Waals surface area contributed by atoms with E-state index in [0.29, 0.717) is 41.2 Å². The number of nitrogens with one attached hydrogen (secondary N) is 3. The van der Waals surface area contributed by atoms with Gasteiger partial charge in [-0.15, -0.1) is 12.4 Å². The highest BCUT2D eigenvalue weighted by molar-refractivity contribution is 5.94. The van der Waals surface area contributed by atoms with E-state index in [-0.39, 0.29) is 23.9 Å². The number of para-hydroxylation sites is 1. The number of aromatic amines is 1. The summed E-state index contributed by atoms with van der Waals surface area (Å²) in [5, 5.41) is 6.86. The van der Waals surface area contributed by atoms with Crippen molar-refractivity contribution in [2.24, 2.45) is 5.92 Å². The normalized spacial score (nSPS) is 15.5. The predicted molar refractivity (Wildman–Crippen MR) is 123 cm³/mol. The molecule has 1 unspecified atom stereocenters. The van der Waals surface area contributed by atoms with Gasteiger partial charge in [-0.25, -0.2) is 4.98 Å². The Labute approximate surface area is 187 Å². The minimum Gasteiger partial charge on any atom is -0.496 e. The number of hydrogen-bond acceptors (Lipinski definition) is 5. The number of hydrogen-bond donors (Lipinski definition) is 3. The van der Waals surface area contributed by atoms with Crippen molar-refractivity contribution < 1.29 is 9.53 Å². The van der Waals surface area contributed by atoms with Crippen molar-refractivity contribution in [1.82, 2.24) is 20.6 Å². The third-order valence-corrected chi connectivity index (χ3v) is 5.52. The molecule has 0 radical (unpaired) electrons. The molecule has 1 aliphatic rings. The predicted octanol–water partition coefficient (Wildman–Crippen LogP) is 2.48. The highest BCUT2D eigenvalue weighted by atomic mass is 35.5. The summed E-state index contributed by atoms with van der Waals surface area (Å²) < 4.78 is 5.48. The minimum absolute atomic E-state index is 0. The molecule has 164 valence electrons. The molecule has 4 rings (SSSR count). The lowest BCUT2D eigenvalue weighted by molar-refractivity contribution is 0.0954. The van der Waals surface area contributed by atoms with E-state index in [4.69, 9.17) is 4.74 Å². The quantitative estimate of drug-likeness (QED) is 0.522. The van der Waals surface area contributed by atoms with Gasteiger partial charge in [0.05, 0.1) is 18.0 Å². The van der Waals surface area contributed by atoms with E-state index in [2.05, 4.69) is 20.6 Å². The number of amides is 1. The lowest BCUT2D eigenvalue weighted by atomic mass is 9.96. The van der Waals surface area contributed by atoms with E-state index in [9.17, 15) is 9.59 Å². The number of nitrogens with zero attached hydrogens (tertiary/aromatic N) is 1. The van der Waals surface area contributed by atoms with Gasteiger partial charge < -0.3 is 20.4 Å². The van der Waals surface area contributed by atoms with Crippen LogP contribution in [-0.4, -0.2) is 42.6 Å². The van der Waals surface area contributed by atoms with E-state index in [1.54, 1.807) is 19.2 Å². The summed E-state index contributed by atoms with van der Waals surface area (Å²) in [7, 11) is 1.66. The standard InChI is InChI=1S/C23H26N4O3.ClH/c1-30-20-7-6-16(13-17(20)12-15-8-10-24-14-15)22(28)25-11-9-21-26-19-5-3-2-4-18(19)23(29)27-21;/h2-7,13,15,24H,8-12,14H2,1H3,(H,25,28)(H,26,27,29);1H. The van der Waals surface area contributed by atoms with Gasteiger partial charge in [0.2, 0.25) is 0 Å². The zero-order chi connectivity index (χ0) is 20.9. The summed E-state index contributed by atoms with van der Waals surface area (Å²) in [4.78, 5) is 32.1. The summed E-state index contributed by atoms with van der Waals surface area (Å²) in [6.07, 6.45) is 2.47. The molecule has 1 saturated heterocycles. The third kappa shape index (κ3) is 5.42. The number of H-pyrrole nitrogens is 1.